The lowest BCUT2D eigenvalue weighted by Crippen LogP contribution is -2.29. The first kappa shape index (κ1) is 15.6. The fraction of sp³-hybridized carbons (Fsp3) is 0.625. The predicted octanol–water partition coefficient (Wildman–Crippen LogP) is 2.10. The van der Waals surface area contributed by atoms with Crippen molar-refractivity contribution >= 4 is 11.3 Å². The van der Waals surface area contributed by atoms with Crippen LogP contribution in [0.25, 0.3) is 0 Å². The molecule has 2 aromatic rings. The number of hydrogen-bond donors (Lipinski definition) is 0. The fourth-order valence-corrected chi connectivity index (χ4v) is 4.03. The van der Waals surface area contributed by atoms with Gasteiger partial charge in [-0.25, -0.2) is 4.98 Å². The Kier molecular flexibility index (Phi) is 5.23. The Morgan fingerprint density at radius 3 is 3.05 bits per heavy atom. The number of likely N-dealkylation sites (tertiary alicyclic amines) is 1. The van der Waals surface area contributed by atoms with Gasteiger partial charge in [0.25, 0.3) is 0 Å². The Hall–Kier alpha value is -1.24. The Labute approximate surface area is 136 Å². The second-order valence-corrected chi connectivity index (χ2v) is 7.22. The fourth-order valence-electron chi connectivity index (χ4n) is 3.17. The lowest BCUT2D eigenvalue weighted by atomic mass is 10.1. The first-order chi connectivity index (χ1) is 10.7. The van der Waals surface area contributed by atoms with Gasteiger partial charge in [-0.2, -0.15) is 5.10 Å². The van der Waals surface area contributed by atoms with Crippen molar-refractivity contribution in [3.05, 3.63) is 34.5 Å². The predicted molar refractivity (Wildman–Crippen MR) is 90.0 cm³/mol. The van der Waals surface area contributed by atoms with Gasteiger partial charge in [0.15, 0.2) is 0 Å². The highest BCUT2D eigenvalue weighted by Crippen LogP contribution is 2.19. The summed E-state index contributed by atoms with van der Waals surface area (Å²) in [5.74, 6) is 0.788. The molecule has 1 fully saturated rings. The van der Waals surface area contributed by atoms with Crippen LogP contribution < -0.4 is 0 Å². The molecular weight excluding hydrogens is 294 g/mol. The van der Waals surface area contributed by atoms with E-state index in [-0.39, 0.29) is 0 Å². The highest BCUT2D eigenvalue weighted by atomic mass is 32.1. The molecule has 0 aromatic carbocycles. The molecule has 0 saturated carbocycles. The molecule has 22 heavy (non-hydrogen) atoms. The number of aromatic nitrogens is 3. The molecule has 0 spiro atoms. The molecular formula is C16H25N5S. The third-order valence-corrected chi connectivity index (χ3v) is 5.32. The molecule has 1 saturated heterocycles. The first-order valence-electron chi connectivity index (χ1n) is 7.98. The van der Waals surface area contributed by atoms with Crippen LogP contribution in [0.3, 0.4) is 0 Å². The third kappa shape index (κ3) is 4.15. The molecule has 6 heteroatoms. The van der Waals surface area contributed by atoms with Crippen LogP contribution in [0.5, 0.6) is 0 Å². The molecule has 0 amide bonds. The maximum atomic E-state index is 4.34. The Bertz CT molecular complexity index is 565. The van der Waals surface area contributed by atoms with Crippen LogP contribution >= 0.6 is 11.3 Å². The van der Waals surface area contributed by atoms with Crippen LogP contribution in [0.2, 0.25) is 0 Å². The normalized spacial score (nSPS) is 19.3. The van der Waals surface area contributed by atoms with E-state index in [9.17, 15) is 0 Å². The molecule has 1 unspecified atom stereocenters. The Balaban J connectivity index is 1.39. The summed E-state index contributed by atoms with van der Waals surface area (Å²) in [5, 5.41) is 4.27. The summed E-state index contributed by atoms with van der Waals surface area (Å²) in [5.41, 5.74) is 3.13. The first-order valence-corrected chi connectivity index (χ1v) is 8.86. The van der Waals surface area contributed by atoms with Gasteiger partial charge < -0.3 is 9.80 Å². The molecule has 5 nitrogen and oxygen atoms in total. The topological polar surface area (TPSA) is 37.2 Å². The average molecular weight is 319 g/mol. The molecule has 1 aliphatic rings. The van der Waals surface area contributed by atoms with Crippen molar-refractivity contribution < 1.29 is 0 Å². The third-order valence-electron chi connectivity index (χ3n) is 4.40. The number of hydrogen-bond acceptors (Lipinski definition) is 5. The van der Waals surface area contributed by atoms with Crippen molar-refractivity contribution in [1.29, 1.82) is 0 Å². The minimum atomic E-state index is 0.788. The van der Waals surface area contributed by atoms with E-state index in [1.165, 1.54) is 36.6 Å². The number of rotatable bonds is 7. The number of nitrogens with zero attached hydrogens (tertiary/aromatic N) is 5. The summed E-state index contributed by atoms with van der Waals surface area (Å²) >= 11 is 1.77. The number of thiazole rings is 1. The summed E-state index contributed by atoms with van der Waals surface area (Å²) in [4.78, 5) is 10.8. The zero-order valence-corrected chi connectivity index (χ0v) is 14.3. The van der Waals surface area contributed by atoms with E-state index >= 15 is 0 Å². The second-order valence-electron chi connectivity index (χ2n) is 6.28. The van der Waals surface area contributed by atoms with Crippen molar-refractivity contribution in [2.45, 2.75) is 26.4 Å². The molecule has 3 heterocycles. The molecule has 1 aliphatic heterocycles. The minimum absolute atomic E-state index is 0.788. The van der Waals surface area contributed by atoms with E-state index < -0.39 is 0 Å². The van der Waals surface area contributed by atoms with Crippen molar-refractivity contribution in [3.63, 3.8) is 0 Å². The smallest absolute Gasteiger partial charge is 0.0798 e. The monoisotopic (exact) mass is 319 g/mol. The lowest BCUT2D eigenvalue weighted by molar-refractivity contribution is 0.253. The van der Waals surface area contributed by atoms with Gasteiger partial charge in [0.1, 0.15) is 0 Å². The maximum Gasteiger partial charge on any atom is 0.0798 e. The number of aryl methyl sites for hydroxylation is 1. The molecule has 1 atom stereocenters. The van der Waals surface area contributed by atoms with Crippen LogP contribution in [-0.2, 0) is 13.1 Å². The molecule has 0 aliphatic carbocycles. The molecule has 0 radical (unpaired) electrons. The van der Waals surface area contributed by atoms with Crippen LogP contribution in [0.1, 0.15) is 17.0 Å². The SMILES string of the molecule is Cc1ncsc1CN(C)CC1CCN(CCn2cccn2)C1. The van der Waals surface area contributed by atoms with Crippen molar-refractivity contribution in [3.8, 4) is 0 Å². The van der Waals surface area contributed by atoms with Crippen molar-refractivity contribution in [2.24, 2.45) is 5.92 Å². The van der Waals surface area contributed by atoms with E-state index in [1.54, 1.807) is 11.3 Å². The van der Waals surface area contributed by atoms with Crippen LogP contribution in [0, 0.1) is 12.8 Å². The van der Waals surface area contributed by atoms with E-state index in [4.69, 9.17) is 0 Å². The van der Waals surface area contributed by atoms with E-state index in [1.807, 2.05) is 28.7 Å². The molecule has 3 rings (SSSR count). The largest absolute Gasteiger partial charge is 0.301 e. The van der Waals surface area contributed by atoms with Crippen LogP contribution in [-0.4, -0.2) is 57.8 Å². The van der Waals surface area contributed by atoms with Gasteiger partial charge in [-0.1, -0.05) is 0 Å². The Morgan fingerprint density at radius 1 is 1.41 bits per heavy atom. The van der Waals surface area contributed by atoms with Gasteiger partial charge in [-0.05, 0) is 38.9 Å². The highest BCUT2D eigenvalue weighted by molar-refractivity contribution is 7.09. The summed E-state index contributed by atoms with van der Waals surface area (Å²) in [6.45, 7) is 8.85. The van der Waals surface area contributed by atoms with E-state index in [0.29, 0.717) is 0 Å². The van der Waals surface area contributed by atoms with Crippen LogP contribution in [0.15, 0.2) is 24.0 Å². The molecule has 0 bridgehead atoms. The quantitative estimate of drug-likeness (QED) is 0.783. The zero-order valence-electron chi connectivity index (χ0n) is 13.5. The minimum Gasteiger partial charge on any atom is -0.301 e. The van der Waals surface area contributed by atoms with Gasteiger partial charge in [0, 0.05) is 43.4 Å². The summed E-state index contributed by atoms with van der Waals surface area (Å²) in [6.07, 6.45) is 5.20. The van der Waals surface area contributed by atoms with Gasteiger partial charge in [0.2, 0.25) is 0 Å². The standard InChI is InChI=1S/C16H25N5S/c1-14-16(22-13-17-14)12-19(2)10-15-4-7-20(11-15)8-9-21-6-3-5-18-21/h3,5-6,13,15H,4,7-12H2,1-2H3. The average Bonchev–Trinajstić information content (AvgIpc) is 3.21. The van der Waals surface area contributed by atoms with Gasteiger partial charge in [-0.3, -0.25) is 4.68 Å². The molecule has 2 aromatic heterocycles. The van der Waals surface area contributed by atoms with Gasteiger partial charge in [-0.15, -0.1) is 11.3 Å². The summed E-state index contributed by atoms with van der Waals surface area (Å²) in [6, 6.07) is 1.99. The molecule has 0 N–H and O–H groups in total. The second kappa shape index (κ2) is 7.35. The molecule has 120 valence electrons. The lowest BCUT2D eigenvalue weighted by Gasteiger charge is -2.21. The van der Waals surface area contributed by atoms with Gasteiger partial charge >= 0.3 is 0 Å². The highest BCUT2D eigenvalue weighted by Gasteiger charge is 2.23. The zero-order chi connectivity index (χ0) is 15.4. The van der Waals surface area contributed by atoms with Crippen molar-refractivity contribution in [2.75, 3.05) is 33.2 Å². The summed E-state index contributed by atoms with van der Waals surface area (Å²) < 4.78 is 2.02. The van der Waals surface area contributed by atoms with Gasteiger partial charge in [0.05, 0.1) is 17.7 Å². The van der Waals surface area contributed by atoms with E-state index in [2.05, 4.69) is 33.9 Å². The maximum absolute atomic E-state index is 4.34. The van der Waals surface area contributed by atoms with Crippen LogP contribution in [0.4, 0.5) is 0 Å². The van der Waals surface area contributed by atoms with E-state index in [0.717, 1.165) is 25.6 Å². The Morgan fingerprint density at radius 2 is 2.32 bits per heavy atom. The summed E-state index contributed by atoms with van der Waals surface area (Å²) in [7, 11) is 2.23. The van der Waals surface area contributed by atoms with Crippen molar-refractivity contribution in [1.82, 2.24) is 24.6 Å².